The van der Waals surface area contributed by atoms with E-state index in [1.165, 1.54) is 19.3 Å². The van der Waals surface area contributed by atoms with Crippen molar-refractivity contribution in [3.63, 3.8) is 0 Å². The summed E-state index contributed by atoms with van der Waals surface area (Å²) in [6, 6.07) is 4.04. The average Bonchev–Trinajstić information content (AvgIpc) is 2.41. The molecule has 2 heterocycles. The number of rotatable bonds is 1. The SMILES string of the molecule is Nc1nc(C2CCC2)n2ccc(Br)cc12. The fourth-order valence-corrected chi connectivity index (χ4v) is 2.40. The first kappa shape index (κ1) is 9.21. The molecule has 3 nitrogen and oxygen atoms in total. The van der Waals surface area contributed by atoms with Crippen molar-refractivity contribution in [2.45, 2.75) is 25.2 Å². The number of nitrogens with zero attached hydrogens (tertiary/aromatic N) is 2. The largest absolute Gasteiger partial charge is 0.382 e. The van der Waals surface area contributed by atoms with Crippen LogP contribution in [0.25, 0.3) is 5.52 Å². The van der Waals surface area contributed by atoms with Crippen molar-refractivity contribution in [2.75, 3.05) is 5.73 Å². The second kappa shape index (κ2) is 3.23. The van der Waals surface area contributed by atoms with Crippen LogP contribution in [-0.4, -0.2) is 9.38 Å². The Morgan fingerprint density at radius 2 is 2.27 bits per heavy atom. The molecular formula is C11H12BrN3. The zero-order valence-corrected chi connectivity index (χ0v) is 9.87. The minimum Gasteiger partial charge on any atom is -0.382 e. The summed E-state index contributed by atoms with van der Waals surface area (Å²) in [6.07, 6.45) is 5.84. The lowest BCUT2D eigenvalue weighted by atomic mass is 9.85. The Bertz CT molecular complexity index is 514. The first-order valence-corrected chi connectivity index (χ1v) is 5.98. The molecule has 0 saturated heterocycles. The molecule has 2 N–H and O–H groups in total. The van der Waals surface area contributed by atoms with E-state index < -0.39 is 0 Å². The van der Waals surface area contributed by atoms with Gasteiger partial charge in [-0.1, -0.05) is 22.4 Å². The summed E-state index contributed by atoms with van der Waals surface area (Å²) in [6.45, 7) is 0. The lowest BCUT2D eigenvalue weighted by molar-refractivity contribution is 0.400. The van der Waals surface area contributed by atoms with Gasteiger partial charge in [0.1, 0.15) is 11.6 Å². The highest BCUT2D eigenvalue weighted by atomic mass is 79.9. The number of halogens is 1. The summed E-state index contributed by atoms with van der Waals surface area (Å²) in [7, 11) is 0. The lowest BCUT2D eigenvalue weighted by Crippen LogP contribution is -2.12. The third-order valence-corrected chi connectivity index (χ3v) is 3.62. The van der Waals surface area contributed by atoms with Crippen LogP contribution in [0.15, 0.2) is 22.8 Å². The molecule has 0 amide bonds. The number of fused-ring (bicyclic) bond motifs is 1. The Morgan fingerprint density at radius 3 is 2.93 bits per heavy atom. The highest BCUT2D eigenvalue weighted by Crippen LogP contribution is 2.37. The van der Waals surface area contributed by atoms with Crippen LogP contribution in [0.3, 0.4) is 0 Å². The highest BCUT2D eigenvalue weighted by Gasteiger charge is 2.24. The van der Waals surface area contributed by atoms with E-state index in [9.17, 15) is 0 Å². The number of nitrogen functional groups attached to an aromatic ring is 1. The highest BCUT2D eigenvalue weighted by molar-refractivity contribution is 9.10. The minimum atomic E-state index is 0.607. The molecule has 0 bridgehead atoms. The van der Waals surface area contributed by atoms with Gasteiger partial charge in [-0.05, 0) is 25.0 Å². The molecule has 0 aliphatic heterocycles. The summed E-state index contributed by atoms with van der Waals surface area (Å²) >= 11 is 3.45. The van der Waals surface area contributed by atoms with Gasteiger partial charge in [-0.25, -0.2) is 4.98 Å². The number of aromatic nitrogens is 2. The number of nitrogens with two attached hydrogens (primary N) is 1. The van der Waals surface area contributed by atoms with Crippen LogP contribution >= 0.6 is 15.9 Å². The van der Waals surface area contributed by atoms with Crippen molar-refractivity contribution >= 4 is 27.3 Å². The van der Waals surface area contributed by atoms with Gasteiger partial charge in [0.25, 0.3) is 0 Å². The van der Waals surface area contributed by atoms with Crippen molar-refractivity contribution in [3.8, 4) is 0 Å². The average molecular weight is 266 g/mol. The first-order chi connectivity index (χ1) is 7.25. The maximum atomic E-state index is 5.91. The van der Waals surface area contributed by atoms with Crippen LogP contribution in [0.5, 0.6) is 0 Å². The molecule has 2 aromatic heterocycles. The monoisotopic (exact) mass is 265 g/mol. The Hall–Kier alpha value is -1.03. The molecule has 78 valence electrons. The third kappa shape index (κ3) is 1.35. The second-order valence-corrected chi connectivity index (χ2v) is 5.00. The smallest absolute Gasteiger partial charge is 0.149 e. The normalized spacial score (nSPS) is 16.9. The standard InChI is InChI=1S/C11H12BrN3/c12-8-4-5-15-9(6-8)10(13)14-11(15)7-2-1-3-7/h4-7H,1-3,13H2. The summed E-state index contributed by atoms with van der Waals surface area (Å²) in [5.74, 6) is 2.37. The molecule has 0 spiro atoms. The fraction of sp³-hybridized carbons (Fsp3) is 0.364. The van der Waals surface area contributed by atoms with E-state index in [1.54, 1.807) is 0 Å². The van der Waals surface area contributed by atoms with E-state index in [-0.39, 0.29) is 0 Å². The molecule has 1 aliphatic rings. The molecule has 3 rings (SSSR count). The number of imidazole rings is 1. The number of anilines is 1. The second-order valence-electron chi connectivity index (χ2n) is 4.08. The van der Waals surface area contributed by atoms with Crippen molar-refractivity contribution in [3.05, 3.63) is 28.6 Å². The number of hydrogen-bond acceptors (Lipinski definition) is 2. The van der Waals surface area contributed by atoms with Gasteiger partial charge in [-0.2, -0.15) is 0 Å². The van der Waals surface area contributed by atoms with E-state index in [1.807, 2.05) is 18.3 Å². The molecule has 4 heteroatoms. The molecule has 1 saturated carbocycles. The Balaban J connectivity index is 2.22. The minimum absolute atomic E-state index is 0.607. The van der Waals surface area contributed by atoms with Crippen LogP contribution in [0.2, 0.25) is 0 Å². The zero-order chi connectivity index (χ0) is 10.4. The third-order valence-electron chi connectivity index (χ3n) is 3.13. The Kier molecular flexibility index (Phi) is 1.99. The lowest BCUT2D eigenvalue weighted by Gasteiger charge is -2.23. The fourth-order valence-electron chi connectivity index (χ4n) is 2.06. The summed E-state index contributed by atoms with van der Waals surface area (Å²) in [4.78, 5) is 4.47. The zero-order valence-electron chi connectivity index (χ0n) is 8.28. The summed E-state index contributed by atoms with van der Waals surface area (Å²) in [5.41, 5.74) is 6.92. The van der Waals surface area contributed by atoms with E-state index >= 15 is 0 Å². The Labute approximate surface area is 96.4 Å². The topological polar surface area (TPSA) is 43.3 Å². The molecule has 0 unspecified atom stereocenters. The van der Waals surface area contributed by atoms with Crippen molar-refractivity contribution in [1.29, 1.82) is 0 Å². The maximum Gasteiger partial charge on any atom is 0.149 e. The summed E-state index contributed by atoms with van der Waals surface area (Å²) < 4.78 is 3.16. The van der Waals surface area contributed by atoms with Crippen molar-refractivity contribution < 1.29 is 0 Å². The molecule has 0 aromatic carbocycles. The van der Waals surface area contributed by atoms with Gasteiger partial charge in [0, 0.05) is 16.6 Å². The Morgan fingerprint density at radius 1 is 1.47 bits per heavy atom. The van der Waals surface area contributed by atoms with Crippen LogP contribution in [0, 0.1) is 0 Å². The molecule has 1 fully saturated rings. The van der Waals surface area contributed by atoms with E-state index in [0.29, 0.717) is 11.7 Å². The van der Waals surface area contributed by atoms with Crippen molar-refractivity contribution in [1.82, 2.24) is 9.38 Å². The quantitative estimate of drug-likeness (QED) is 0.862. The predicted octanol–water partition coefficient (Wildman–Crippen LogP) is 2.95. The van der Waals surface area contributed by atoms with Gasteiger partial charge >= 0.3 is 0 Å². The molecule has 1 aliphatic carbocycles. The molecule has 0 atom stereocenters. The van der Waals surface area contributed by atoms with E-state index in [4.69, 9.17) is 5.73 Å². The van der Waals surface area contributed by atoms with Gasteiger partial charge in [-0.15, -0.1) is 0 Å². The van der Waals surface area contributed by atoms with Gasteiger partial charge in [0.05, 0.1) is 5.52 Å². The molecule has 2 aromatic rings. The molecular weight excluding hydrogens is 254 g/mol. The van der Waals surface area contributed by atoms with Gasteiger partial charge in [-0.3, -0.25) is 0 Å². The van der Waals surface area contributed by atoms with Gasteiger partial charge in [0.2, 0.25) is 0 Å². The van der Waals surface area contributed by atoms with Crippen LogP contribution in [0.1, 0.15) is 31.0 Å². The van der Waals surface area contributed by atoms with Crippen LogP contribution < -0.4 is 5.73 Å². The maximum absolute atomic E-state index is 5.91. The van der Waals surface area contributed by atoms with E-state index in [2.05, 4.69) is 25.3 Å². The summed E-state index contributed by atoms with van der Waals surface area (Å²) in [5, 5.41) is 0. The predicted molar refractivity (Wildman–Crippen MR) is 63.9 cm³/mol. The van der Waals surface area contributed by atoms with E-state index in [0.717, 1.165) is 15.8 Å². The van der Waals surface area contributed by atoms with Gasteiger partial charge in [0.15, 0.2) is 0 Å². The molecule has 0 radical (unpaired) electrons. The van der Waals surface area contributed by atoms with Crippen molar-refractivity contribution in [2.24, 2.45) is 0 Å². The first-order valence-electron chi connectivity index (χ1n) is 5.18. The van der Waals surface area contributed by atoms with Crippen LogP contribution in [-0.2, 0) is 0 Å². The number of hydrogen-bond donors (Lipinski definition) is 1. The molecule has 15 heavy (non-hydrogen) atoms. The van der Waals surface area contributed by atoms with Crippen LogP contribution in [0.4, 0.5) is 5.82 Å². The number of pyridine rings is 1. The van der Waals surface area contributed by atoms with Gasteiger partial charge < -0.3 is 10.1 Å².